The van der Waals surface area contributed by atoms with E-state index in [4.69, 9.17) is 5.84 Å². The molecule has 5 atom stereocenters. The normalized spacial score (nSPS) is 34.8. The fourth-order valence-corrected chi connectivity index (χ4v) is 13.9. The van der Waals surface area contributed by atoms with Crippen molar-refractivity contribution in [1.29, 1.82) is 0 Å². The van der Waals surface area contributed by atoms with Gasteiger partial charge in [0.25, 0.3) is 0 Å². The number of hydrogen-bond acceptors (Lipinski definition) is 6. The van der Waals surface area contributed by atoms with Crippen LogP contribution in [0.4, 0.5) is 10.1 Å². The van der Waals surface area contributed by atoms with Crippen molar-refractivity contribution in [2.75, 3.05) is 37.3 Å². The topological polar surface area (TPSA) is 83.6 Å². The predicted octanol–water partition coefficient (Wildman–Crippen LogP) is -2.17. The maximum atomic E-state index is 15.7. The van der Waals surface area contributed by atoms with Crippen LogP contribution in [0.1, 0.15) is 16.8 Å². The van der Waals surface area contributed by atoms with Crippen molar-refractivity contribution in [2.45, 2.75) is 31.8 Å². The second kappa shape index (κ2) is 6.61. The van der Waals surface area contributed by atoms with Crippen molar-refractivity contribution in [2.24, 2.45) is 17.2 Å². The number of nitrogens with one attached hydrogen (secondary N) is 1. The minimum atomic E-state index is -0.647. The van der Waals surface area contributed by atoms with Gasteiger partial charge in [-0.3, -0.25) is 10.2 Å². The third-order valence-electron chi connectivity index (χ3n) is 8.36. The van der Waals surface area contributed by atoms with E-state index in [1.165, 1.54) is 12.5 Å². The number of nitrogens with two attached hydrogens (primary N) is 1. The van der Waals surface area contributed by atoms with Gasteiger partial charge in [-0.25, -0.2) is 5.84 Å². The van der Waals surface area contributed by atoms with Crippen LogP contribution in [-0.4, -0.2) is 61.7 Å². The summed E-state index contributed by atoms with van der Waals surface area (Å²) in [6, 6.07) is 1.84. The molecule has 7 nitrogen and oxygen atoms in total. The van der Waals surface area contributed by atoms with E-state index in [1.54, 1.807) is 18.0 Å². The zero-order valence-electron chi connectivity index (χ0n) is 17.6. The zero-order chi connectivity index (χ0) is 21.9. The number of nitrogen functional groups attached to an aromatic ring is 1. The van der Waals surface area contributed by atoms with Crippen molar-refractivity contribution in [3.8, 4) is 0 Å². The first-order valence-corrected chi connectivity index (χ1v) is 14.5. The number of halogens is 2. The number of fused-ring (bicyclic) bond motifs is 1. The number of amides is 1. The van der Waals surface area contributed by atoms with E-state index in [2.05, 4.69) is 16.8 Å². The molecule has 10 heteroatoms. The summed E-state index contributed by atoms with van der Waals surface area (Å²) in [6.45, 7) is 3.23. The number of carbonyl (C=O) groups excluding carboxylic acids is 1. The molecule has 2 aliphatic carbocycles. The SMILES string of the molecule is CN1CCN(c2c(F)cc3c(=O)c(C(=O)NN)cn4c3c2SCC4)CC1C12CC3[I-]C1C32. The fraction of sp³-hybridized carbons (Fsp3) is 0.545. The number of aromatic nitrogens is 1. The Kier molecular flexibility index (Phi) is 4.14. The van der Waals surface area contributed by atoms with E-state index >= 15 is 4.39 Å². The summed E-state index contributed by atoms with van der Waals surface area (Å²) in [5, 5.41) is 0.255. The molecular weight excluding hydrogens is 544 g/mol. The summed E-state index contributed by atoms with van der Waals surface area (Å²) in [7, 11) is 2.23. The van der Waals surface area contributed by atoms with E-state index in [9.17, 15) is 9.59 Å². The molecule has 4 fully saturated rings. The third kappa shape index (κ3) is 2.34. The predicted molar refractivity (Wildman–Crippen MR) is 117 cm³/mol. The van der Waals surface area contributed by atoms with Crippen LogP contribution in [0.3, 0.4) is 0 Å². The van der Waals surface area contributed by atoms with Crippen LogP contribution in [0.2, 0.25) is 0 Å². The van der Waals surface area contributed by atoms with Crippen LogP contribution in [0.25, 0.3) is 10.9 Å². The van der Waals surface area contributed by atoms with Crippen molar-refractivity contribution in [3.63, 3.8) is 0 Å². The monoisotopic (exact) mass is 568 g/mol. The third-order valence-corrected chi connectivity index (χ3v) is 14.3. The van der Waals surface area contributed by atoms with Gasteiger partial charge in [0.2, 0.25) is 0 Å². The molecule has 2 aromatic rings. The second-order valence-electron chi connectivity index (χ2n) is 9.65. The van der Waals surface area contributed by atoms with E-state index in [0.717, 1.165) is 49.6 Å². The quantitative estimate of drug-likeness (QED) is 0.144. The standard InChI is InChI=1S/C22H24FIN5O2S/c1-27-2-3-28(9-14(27)22-7-13-15(22)20(22)24-13)17-12(23)6-10-16-19(17)32-5-4-29(16)8-11(18(10)30)21(31)26-25/h6,8,13-15,20H,2-5,7,9,25H2,1H3,(H,26,31)/q-1. The van der Waals surface area contributed by atoms with Gasteiger partial charge in [-0.05, 0) is 0 Å². The van der Waals surface area contributed by atoms with Crippen LogP contribution in [-0.2, 0) is 6.54 Å². The van der Waals surface area contributed by atoms with Gasteiger partial charge in [-0.15, -0.1) is 0 Å². The fourth-order valence-electron chi connectivity index (χ4n) is 6.71. The molecule has 1 aromatic heterocycles. The molecule has 7 rings (SSSR count). The summed E-state index contributed by atoms with van der Waals surface area (Å²) in [4.78, 5) is 30.7. The molecule has 5 aliphatic rings. The van der Waals surface area contributed by atoms with Crippen molar-refractivity contribution in [1.82, 2.24) is 14.9 Å². The molecule has 4 heterocycles. The molecule has 5 unspecified atom stereocenters. The van der Waals surface area contributed by atoms with Crippen molar-refractivity contribution in [3.05, 3.63) is 33.9 Å². The molecule has 2 saturated carbocycles. The summed E-state index contributed by atoms with van der Waals surface area (Å²) >= 11 is 2.01. The number of rotatable bonds is 3. The number of hydrazine groups is 1. The average Bonchev–Trinajstić information content (AvgIpc) is 3.03. The zero-order valence-corrected chi connectivity index (χ0v) is 20.6. The molecule has 170 valence electrons. The van der Waals surface area contributed by atoms with Gasteiger partial charge in [-0.2, -0.15) is 0 Å². The number of alkyl halides is 2. The Hall–Kier alpha value is -1.37. The Labute approximate surface area is 199 Å². The van der Waals surface area contributed by atoms with E-state index in [-0.39, 0.29) is 16.8 Å². The molecule has 0 bridgehead atoms. The molecule has 32 heavy (non-hydrogen) atoms. The molecule has 1 amide bonds. The van der Waals surface area contributed by atoms with Crippen LogP contribution in [0.5, 0.6) is 0 Å². The van der Waals surface area contributed by atoms with Gasteiger partial charge in [-0.1, -0.05) is 0 Å². The number of carbonyl (C=O) groups is 1. The number of pyridine rings is 1. The van der Waals surface area contributed by atoms with Crippen LogP contribution >= 0.6 is 11.8 Å². The van der Waals surface area contributed by atoms with Crippen LogP contribution in [0.15, 0.2) is 22.0 Å². The number of benzene rings is 1. The molecule has 0 radical (unpaired) electrons. The molecule has 3 N–H and O–H groups in total. The number of likely N-dealkylation sites (N-methyl/N-ethyl adjacent to an activating group) is 1. The van der Waals surface area contributed by atoms with Crippen LogP contribution in [0, 0.1) is 17.2 Å². The Bertz CT molecular complexity index is 1260. The van der Waals surface area contributed by atoms with Gasteiger partial charge in [0.15, 0.2) is 0 Å². The first kappa shape index (κ1) is 20.0. The Balaban J connectivity index is 1.34. The van der Waals surface area contributed by atoms with Crippen LogP contribution < -0.4 is 42.8 Å². The van der Waals surface area contributed by atoms with E-state index < -0.39 is 11.3 Å². The Morgan fingerprint density at radius 2 is 2.22 bits per heavy atom. The average molecular weight is 568 g/mol. The first-order chi connectivity index (χ1) is 15.5. The number of piperazine rings is 1. The number of nitrogens with zero attached hydrogens (tertiary/aromatic N) is 3. The first-order valence-electron chi connectivity index (χ1n) is 11.1. The summed E-state index contributed by atoms with van der Waals surface area (Å²) < 4.78 is 19.7. The summed E-state index contributed by atoms with van der Waals surface area (Å²) in [5.41, 5.74) is 3.42. The molecule has 1 aromatic carbocycles. The number of thioether (sulfide) groups is 1. The van der Waals surface area contributed by atoms with Gasteiger partial charge in [0, 0.05) is 0 Å². The summed E-state index contributed by atoms with van der Waals surface area (Å²) in [6.07, 6.45) is 2.97. The van der Waals surface area contributed by atoms with Crippen molar-refractivity contribution >= 4 is 34.3 Å². The van der Waals surface area contributed by atoms with E-state index in [1.807, 2.05) is 9.99 Å². The van der Waals surface area contributed by atoms with Crippen molar-refractivity contribution < 1.29 is 30.4 Å². The van der Waals surface area contributed by atoms with Gasteiger partial charge < -0.3 is 0 Å². The molecule has 0 spiro atoms. The molecular formula is C22H24FIN5O2S-. The number of aryl methyl sites for hydroxylation is 1. The number of hydrogen-bond donors (Lipinski definition) is 2. The maximum absolute atomic E-state index is 15.7. The Morgan fingerprint density at radius 1 is 1.38 bits per heavy atom. The van der Waals surface area contributed by atoms with Gasteiger partial charge in [0.1, 0.15) is 0 Å². The molecule has 2 saturated heterocycles. The molecule has 3 aliphatic heterocycles. The Morgan fingerprint density at radius 3 is 2.91 bits per heavy atom. The summed E-state index contributed by atoms with van der Waals surface area (Å²) in [5.74, 6) is 5.98. The second-order valence-corrected chi connectivity index (χ2v) is 14.4. The van der Waals surface area contributed by atoms with Gasteiger partial charge in [0.05, 0.1) is 0 Å². The number of anilines is 1. The minimum absolute atomic E-state index is 0.0455. The van der Waals surface area contributed by atoms with E-state index in [0.29, 0.717) is 44.9 Å². The van der Waals surface area contributed by atoms with Gasteiger partial charge >= 0.3 is 184 Å².